The van der Waals surface area contributed by atoms with Gasteiger partial charge < -0.3 is 10.0 Å². The number of amides is 1. The van der Waals surface area contributed by atoms with Gasteiger partial charge in [0, 0.05) is 17.7 Å². The van der Waals surface area contributed by atoms with Gasteiger partial charge in [0.05, 0.1) is 17.2 Å². The molecule has 0 aliphatic heterocycles. The summed E-state index contributed by atoms with van der Waals surface area (Å²) >= 11 is 0. The number of aliphatic carboxylic acids is 1. The van der Waals surface area contributed by atoms with Crippen molar-refractivity contribution in [1.82, 2.24) is 0 Å². The van der Waals surface area contributed by atoms with Crippen molar-refractivity contribution in [2.24, 2.45) is 5.92 Å². The van der Waals surface area contributed by atoms with Crippen molar-refractivity contribution < 1.29 is 27.9 Å². The lowest BCUT2D eigenvalue weighted by atomic mass is 9.99. The number of carboxylic acid groups (broad SMARTS) is 1. The Bertz CT molecular complexity index is 1110. The Hall–Kier alpha value is -3.61. The maximum absolute atomic E-state index is 13.5. The van der Waals surface area contributed by atoms with Gasteiger partial charge >= 0.3 is 12.1 Å². The van der Waals surface area contributed by atoms with E-state index in [1.54, 1.807) is 19.1 Å². The zero-order valence-electron chi connectivity index (χ0n) is 18.0. The molecule has 0 aliphatic carbocycles. The first-order chi connectivity index (χ1) is 15.7. The van der Waals surface area contributed by atoms with Crippen molar-refractivity contribution in [3.8, 4) is 11.1 Å². The van der Waals surface area contributed by atoms with Crippen molar-refractivity contribution >= 4 is 17.6 Å². The van der Waals surface area contributed by atoms with Crippen LogP contribution in [0.4, 0.5) is 18.9 Å². The summed E-state index contributed by atoms with van der Waals surface area (Å²) in [6, 6.07) is 20.7. The van der Waals surface area contributed by atoms with Crippen LogP contribution in [0.1, 0.15) is 35.7 Å². The van der Waals surface area contributed by atoms with Gasteiger partial charge in [0.25, 0.3) is 5.91 Å². The fraction of sp³-hybridized carbons (Fsp3) is 0.231. The monoisotopic (exact) mass is 455 g/mol. The Labute approximate surface area is 190 Å². The van der Waals surface area contributed by atoms with Crippen LogP contribution in [0, 0.1) is 5.92 Å². The fourth-order valence-electron chi connectivity index (χ4n) is 3.67. The van der Waals surface area contributed by atoms with Crippen molar-refractivity contribution in [2.45, 2.75) is 25.9 Å². The van der Waals surface area contributed by atoms with Crippen LogP contribution in [0.15, 0.2) is 78.9 Å². The van der Waals surface area contributed by atoms with Gasteiger partial charge in [0.2, 0.25) is 0 Å². The molecule has 0 heterocycles. The number of alkyl halides is 3. The second kappa shape index (κ2) is 10.3. The Kier molecular flexibility index (Phi) is 7.53. The molecule has 4 nitrogen and oxygen atoms in total. The van der Waals surface area contributed by atoms with E-state index in [2.05, 4.69) is 0 Å². The first kappa shape index (κ1) is 24.0. The number of anilines is 1. The third-order valence-corrected chi connectivity index (χ3v) is 5.50. The van der Waals surface area contributed by atoms with Gasteiger partial charge in [0.15, 0.2) is 0 Å². The van der Waals surface area contributed by atoms with E-state index in [-0.39, 0.29) is 18.5 Å². The van der Waals surface area contributed by atoms with E-state index in [0.29, 0.717) is 12.1 Å². The summed E-state index contributed by atoms with van der Waals surface area (Å²) in [5, 5.41) is 9.44. The third kappa shape index (κ3) is 5.80. The number of para-hydroxylation sites is 1. The molecular formula is C26H24F3NO3. The van der Waals surface area contributed by atoms with E-state index in [1.807, 2.05) is 42.5 Å². The molecule has 0 aliphatic rings. The lowest BCUT2D eigenvalue weighted by Crippen LogP contribution is -2.34. The smallest absolute Gasteiger partial charge is 0.416 e. The fourth-order valence-corrected chi connectivity index (χ4v) is 3.67. The minimum absolute atomic E-state index is 0.0454. The number of rotatable bonds is 8. The van der Waals surface area contributed by atoms with Crippen LogP contribution < -0.4 is 4.90 Å². The Balaban J connectivity index is 2.07. The average Bonchev–Trinajstić information content (AvgIpc) is 2.81. The minimum atomic E-state index is -4.58. The first-order valence-electron chi connectivity index (χ1n) is 10.6. The van der Waals surface area contributed by atoms with Crippen LogP contribution in [-0.2, 0) is 11.0 Å². The maximum atomic E-state index is 13.5. The highest BCUT2D eigenvalue weighted by atomic mass is 19.4. The summed E-state index contributed by atoms with van der Waals surface area (Å²) in [4.78, 5) is 26.4. The average molecular weight is 455 g/mol. The second-order valence-electron chi connectivity index (χ2n) is 7.65. The summed E-state index contributed by atoms with van der Waals surface area (Å²) < 4.78 is 39.7. The van der Waals surface area contributed by atoms with Crippen molar-refractivity contribution in [2.75, 3.05) is 11.4 Å². The van der Waals surface area contributed by atoms with Gasteiger partial charge in [-0.15, -0.1) is 0 Å². The molecule has 1 unspecified atom stereocenters. The van der Waals surface area contributed by atoms with E-state index in [4.69, 9.17) is 0 Å². The molecule has 0 bridgehead atoms. The molecule has 0 radical (unpaired) electrons. The second-order valence-corrected chi connectivity index (χ2v) is 7.65. The normalized spacial score (nSPS) is 12.2. The van der Waals surface area contributed by atoms with Gasteiger partial charge in [-0.2, -0.15) is 13.2 Å². The topological polar surface area (TPSA) is 57.6 Å². The summed E-state index contributed by atoms with van der Waals surface area (Å²) in [5.41, 5.74) is 1.03. The van der Waals surface area contributed by atoms with Gasteiger partial charge in [-0.25, -0.2) is 0 Å². The van der Waals surface area contributed by atoms with Crippen LogP contribution in [0.2, 0.25) is 0 Å². The van der Waals surface area contributed by atoms with Gasteiger partial charge in [0.1, 0.15) is 0 Å². The Morgan fingerprint density at radius 2 is 1.61 bits per heavy atom. The molecule has 0 aromatic heterocycles. The SMILES string of the molecule is CCC(CCN(C(=O)c1cccc(C(F)(F)F)c1)c1ccccc1-c1ccccc1)C(=O)O. The van der Waals surface area contributed by atoms with Crippen molar-refractivity contribution in [3.05, 3.63) is 90.0 Å². The molecule has 3 aromatic rings. The van der Waals surface area contributed by atoms with E-state index >= 15 is 0 Å². The molecule has 33 heavy (non-hydrogen) atoms. The highest BCUT2D eigenvalue weighted by Gasteiger charge is 2.32. The Morgan fingerprint density at radius 3 is 2.24 bits per heavy atom. The lowest BCUT2D eigenvalue weighted by molar-refractivity contribution is -0.142. The van der Waals surface area contributed by atoms with Crippen LogP contribution in [-0.4, -0.2) is 23.5 Å². The predicted octanol–water partition coefficient (Wildman–Crippen LogP) is 6.52. The van der Waals surface area contributed by atoms with Crippen LogP contribution >= 0.6 is 0 Å². The first-order valence-corrected chi connectivity index (χ1v) is 10.6. The molecule has 7 heteroatoms. The molecular weight excluding hydrogens is 431 g/mol. The molecule has 3 aromatic carbocycles. The van der Waals surface area contributed by atoms with Crippen LogP contribution in [0.25, 0.3) is 11.1 Å². The van der Waals surface area contributed by atoms with E-state index in [0.717, 1.165) is 23.3 Å². The molecule has 0 saturated carbocycles. The number of hydrogen-bond acceptors (Lipinski definition) is 2. The highest BCUT2D eigenvalue weighted by Crippen LogP contribution is 2.34. The summed E-state index contributed by atoms with van der Waals surface area (Å²) in [7, 11) is 0. The predicted molar refractivity (Wildman–Crippen MR) is 121 cm³/mol. The van der Waals surface area contributed by atoms with Gasteiger partial charge in [-0.05, 0) is 42.7 Å². The van der Waals surface area contributed by atoms with E-state index in [9.17, 15) is 27.9 Å². The number of hydrogen-bond donors (Lipinski definition) is 1. The molecule has 1 amide bonds. The molecule has 1 atom stereocenters. The zero-order valence-corrected chi connectivity index (χ0v) is 18.0. The minimum Gasteiger partial charge on any atom is -0.481 e. The zero-order chi connectivity index (χ0) is 24.0. The standard InChI is InChI=1S/C26H24F3NO3/c1-2-18(25(32)33)15-16-30(24(31)20-11-8-12-21(17-20)26(27,28)29)23-14-7-6-13-22(23)19-9-4-3-5-10-19/h3-14,17-18H,2,15-16H2,1H3,(H,32,33). The number of carbonyl (C=O) groups excluding carboxylic acids is 1. The Morgan fingerprint density at radius 1 is 0.939 bits per heavy atom. The molecule has 172 valence electrons. The summed E-state index contributed by atoms with van der Waals surface area (Å²) in [6.07, 6.45) is -4.04. The number of benzene rings is 3. The molecule has 3 rings (SSSR count). The van der Waals surface area contributed by atoms with Crippen LogP contribution in [0.3, 0.4) is 0 Å². The van der Waals surface area contributed by atoms with Crippen molar-refractivity contribution in [1.29, 1.82) is 0 Å². The molecule has 0 fully saturated rings. The molecule has 0 saturated heterocycles. The third-order valence-electron chi connectivity index (χ3n) is 5.50. The van der Waals surface area contributed by atoms with Crippen LogP contribution in [0.5, 0.6) is 0 Å². The van der Waals surface area contributed by atoms with E-state index in [1.165, 1.54) is 17.0 Å². The highest BCUT2D eigenvalue weighted by molar-refractivity contribution is 6.08. The van der Waals surface area contributed by atoms with Crippen molar-refractivity contribution in [3.63, 3.8) is 0 Å². The quantitative estimate of drug-likeness (QED) is 0.421. The largest absolute Gasteiger partial charge is 0.481 e. The van der Waals surface area contributed by atoms with E-state index < -0.39 is 29.5 Å². The number of carbonyl (C=O) groups is 2. The van der Waals surface area contributed by atoms with Gasteiger partial charge in [-0.1, -0.05) is 61.5 Å². The molecule has 1 N–H and O–H groups in total. The maximum Gasteiger partial charge on any atom is 0.416 e. The number of carboxylic acids is 1. The lowest BCUT2D eigenvalue weighted by Gasteiger charge is -2.27. The molecule has 0 spiro atoms. The number of nitrogens with zero attached hydrogens (tertiary/aromatic N) is 1. The summed E-state index contributed by atoms with van der Waals surface area (Å²) in [5.74, 6) is -2.27. The summed E-state index contributed by atoms with van der Waals surface area (Å²) in [6.45, 7) is 1.79. The number of halogens is 3. The van der Waals surface area contributed by atoms with Gasteiger partial charge in [-0.3, -0.25) is 9.59 Å².